The first-order valence-electron chi connectivity index (χ1n) is 46.2. The lowest BCUT2D eigenvalue weighted by molar-refractivity contribution is -0.143. The second kappa shape index (κ2) is 55.6. The number of hydrogen-bond donors (Lipinski definition) is 25. The number of likely N-dealkylation sites (N-methyl/N-ethyl adjacent to an activating group) is 1. The van der Waals surface area contributed by atoms with E-state index in [1.54, 1.807) is 127 Å². The average Bonchev–Trinajstić information content (AvgIpc) is 1.64. The lowest BCUT2D eigenvalue weighted by atomic mass is 9.98. The summed E-state index contributed by atoms with van der Waals surface area (Å²) < 4.78 is 0. The molecule has 758 valence electrons. The maximum Gasteiger partial charge on any atom is 0.305 e. The number of para-hydroxylation sites is 1. The third-order valence-corrected chi connectivity index (χ3v) is 24.0. The van der Waals surface area contributed by atoms with Crippen LogP contribution in [-0.4, -0.2) is 267 Å². The van der Waals surface area contributed by atoms with Crippen LogP contribution in [0.2, 0.25) is 0 Å². The van der Waals surface area contributed by atoms with Gasteiger partial charge < -0.3 is 127 Å². The fraction of sp³-hybridized carbons (Fsp3) is 0.469. The summed E-state index contributed by atoms with van der Waals surface area (Å²) in [6.07, 6.45) is -1.40. The molecule has 44 heteroatoms. The standard InChI is InChI=1S/C96H133N23O20S/c1-51(2)39-67-84(129)107-65(27-19-37-102-95(98)99)83(128)110-68(40-52(3)4)89(134)117-80(54(7)8)93(138)115-74(48-120)91(136)116-75(82(127)105-47-76(97)122)49-140-50-77(123)106-69(41-56-21-13-11-14-22-56)85(130)111-70(43-58-31-35-62(121)36-32-58)87(132)113-73(45-78(124)125)88(133)112-72(44-61-46-104-64-26-18-17-25-63(61)64)90(135)118-79(53(5)6)92(137)114-71(42-57-29-33-60(34-30-57)59-23-15-12-16-24-59)86(131)108-66(28-20-38-103-96(100)101)94(139)119(10)55(9)81(126)109-67/h11-18,21-26,29-36,46,51-55,65-75,79-80,104,120-121H,19-20,27-28,37-45,47-50H2,1-10H3,(H2,97,122)(H,105,127)(H,106,123)(H,107,129)(H,108,131)(H,109,126)(H,110,128)(H,111,130)(H,112,133)(H,113,132)(H,114,137)(H,115,138)(H,116,136)(H,117,134)(H,118,135)(H,124,125)(H4,98,99,102)(H4,100,101,103)/t55-,65-,66-,67+,68-,69-,70-,71-,72-,73-,74-,75-,79-,80-/m0/s1. The number of aliphatic carboxylic acids is 1. The van der Waals surface area contributed by atoms with Crippen LogP contribution < -0.4 is 102 Å². The topological polar surface area (TPSA) is 688 Å². The number of H-pyrrole nitrogens is 1. The fourth-order valence-electron chi connectivity index (χ4n) is 15.2. The number of carbonyl (C=O) groups is 17. The number of aliphatic hydroxyl groups is 1. The van der Waals surface area contributed by atoms with Gasteiger partial charge in [-0.15, -0.1) is 11.8 Å². The number of hydrogen-bond acceptors (Lipinski definition) is 22. The van der Waals surface area contributed by atoms with Crippen molar-refractivity contribution in [3.05, 3.63) is 162 Å². The van der Waals surface area contributed by atoms with Gasteiger partial charge in [-0.2, -0.15) is 0 Å². The smallest absolute Gasteiger partial charge is 0.305 e. The quantitative estimate of drug-likeness (QED) is 0.0148. The molecule has 1 fully saturated rings. The number of carboxylic acid groups (broad SMARTS) is 1. The predicted octanol–water partition coefficient (Wildman–Crippen LogP) is -1.29. The first-order chi connectivity index (χ1) is 66.4. The maximum absolute atomic E-state index is 15.5. The lowest BCUT2D eigenvalue weighted by Gasteiger charge is -2.32. The Kier molecular flexibility index (Phi) is 44.6. The number of aromatic amines is 1. The third-order valence-electron chi connectivity index (χ3n) is 22.9. The molecule has 7 rings (SSSR count). The number of benzene rings is 5. The summed E-state index contributed by atoms with van der Waals surface area (Å²) in [6.45, 7) is 12.6. The number of nitrogens with zero attached hydrogens (tertiary/aromatic N) is 1. The molecule has 1 aromatic heterocycles. The molecule has 6 aromatic rings. The highest BCUT2D eigenvalue weighted by Gasteiger charge is 2.41. The highest BCUT2D eigenvalue weighted by molar-refractivity contribution is 8.00. The van der Waals surface area contributed by atoms with Crippen LogP contribution in [0.5, 0.6) is 5.75 Å². The number of nitrogens with one attached hydrogen (secondary N) is 19. The molecule has 0 bridgehead atoms. The summed E-state index contributed by atoms with van der Waals surface area (Å²) in [5.74, 6) is -22.3. The summed E-state index contributed by atoms with van der Waals surface area (Å²) in [5.41, 5.74) is 20.5. The van der Waals surface area contributed by atoms with Crippen LogP contribution in [0.3, 0.4) is 0 Å². The molecule has 5 aromatic carbocycles. The first-order valence-corrected chi connectivity index (χ1v) is 47.4. The molecule has 1 aliphatic rings. The van der Waals surface area contributed by atoms with Gasteiger partial charge >= 0.3 is 5.97 Å². The molecule has 43 nitrogen and oxygen atoms in total. The summed E-state index contributed by atoms with van der Waals surface area (Å²) in [4.78, 5) is 253. The third kappa shape index (κ3) is 36.6. The Bertz CT molecular complexity index is 5300. The number of carbonyl (C=O) groups excluding carboxylic acids is 16. The van der Waals surface area contributed by atoms with Gasteiger partial charge in [0.25, 0.3) is 0 Å². The molecule has 28 N–H and O–H groups in total. The van der Waals surface area contributed by atoms with E-state index in [9.17, 15) is 63.3 Å². The summed E-state index contributed by atoms with van der Waals surface area (Å²) >= 11 is 0.706. The molecule has 16 amide bonds. The Labute approximate surface area is 815 Å². The fourth-order valence-corrected chi connectivity index (χ4v) is 16.1. The van der Waals surface area contributed by atoms with E-state index in [4.69, 9.17) is 28.0 Å². The number of aromatic hydroxyl groups is 1. The van der Waals surface area contributed by atoms with Crippen molar-refractivity contribution >= 4 is 135 Å². The highest BCUT2D eigenvalue weighted by atomic mass is 32.2. The second-order valence-corrected chi connectivity index (χ2v) is 36.9. The minimum absolute atomic E-state index is 0.00740. The molecular weight excluding hydrogens is 1830 g/mol. The van der Waals surface area contributed by atoms with Crippen LogP contribution in [-0.2, 0) is 107 Å². The lowest BCUT2D eigenvalue weighted by Crippen LogP contribution is -2.62. The molecule has 0 spiro atoms. The van der Waals surface area contributed by atoms with Crippen LogP contribution in [0.15, 0.2) is 140 Å². The predicted molar refractivity (Wildman–Crippen MR) is 523 cm³/mol. The molecule has 140 heavy (non-hydrogen) atoms. The number of thioether (sulfide) groups is 1. The van der Waals surface area contributed by atoms with Gasteiger partial charge in [-0.05, 0) is 121 Å². The number of nitrogens with two attached hydrogens (primary N) is 3. The molecule has 0 aliphatic carbocycles. The molecule has 2 heterocycles. The van der Waals surface area contributed by atoms with Crippen LogP contribution in [0.1, 0.15) is 130 Å². The van der Waals surface area contributed by atoms with Gasteiger partial charge in [0.1, 0.15) is 90.3 Å². The Morgan fingerprint density at radius 3 is 1.36 bits per heavy atom. The van der Waals surface area contributed by atoms with Crippen molar-refractivity contribution in [3.8, 4) is 16.9 Å². The molecule has 0 saturated carbocycles. The van der Waals surface area contributed by atoms with Gasteiger partial charge in [-0.25, -0.2) is 0 Å². The number of guanidine groups is 2. The molecule has 1 saturated heterocycles. The van der Waals surface area contributed by atoms with E-state index in [0.29, 0.717) is 39.4 Å². The van der Waals surface area contributed by atoms with E-state index in [1.807, 2.05) is 30.3 Å². The number of aliphatic hydroxyl groups excluding tert-OH is 1. The van der Waals surface area contributed by atoms with Gasteiger partial charge in [-0.3, -0.25) is 92.3 Å². The van der Waals surface area contributed by atoms with E-state index in [0.717, 1.165) is 16.0 Å². The van der Waals surface area contributed by atoms with Crippen LogP contribution in [0.25, 0.3) is 22.0 Å². The van der Waals surface area contributed by atoms with Crippen LogP contribution in [0, 0.1) is 34.5 Å². The Morgan fingerprint density at radius 2 is 0.850 bits per heavy atom. The monoisotopic (exact) mass is 1960 g/mol. The minimum atomic E-state index is -2.08. The van der Waals surface area contributed by atoms with Crippen molar-refractivity contribution in [2.24, 2.45) is 40.9 Å². The number of fused-ring (bicyclic) bond motifs is 1. The van der Waals surface area contributed by atoms with E-state index in [2.05, 4.69) is 90.1 Å². The van der Waals surface area contributed by atoms with Crippen molar-refractivity contribution in [1.82, 2.24) is 95.0 Å². The van der Waals surface area contributed by atoms with Crippen molar-refractivity contribution in [2.45, 2.75) is 218 Å². The average molecular weight is 1960 g/mol. The van der Waals surface area contributed by atoms with Gasteiger partial charge in [0.05, 0.1) is 25.3 Å². The van der Waals surface area contributed by atoms with Crippen LogP contribution >= 0.6 is 11.8 Å². The minimum Gasteiger partial charge on any atom is -0.508 e. The van der Waals surface area contributed by atoms with Gasteiger partial charge in [0.15, 0.2) is 11.9 Å². The number of primary amides is 1. The summed E-state index contributed by atoms with van der Waals surface area (Å²) in [7, 11) is 1.27. The highest BCUT2D eigenvalue weighted by Crippen LogP contribution is 2.24. The molecule has 0 unspecified atom stereocenters. The van der Waals surface area contributed by atoms with E-state index >= 15 is 33.6 Å². The molecule has 14 atom stereocenters. The zero-order chi connectivity index (χ0) is 103. The van der Waals surface area contributed by atoms with E-state index in [-0.39, 0.29) is 94.0 Å². The summed E-state index contributed by atoms with van der Waals surface area (Å²) in [6, 6.07) is 13.8. The number of phenolic OH excluding ortho intramolecular Hbond substituents is 1. The normalized spacial score (nSPS) is 22.6. The first kappa shape index (κ1) is 112. The molecule has 0 radical (unpaired) electrons. The van der Waals surface area contributed by atoms with Crippen molar-refractivity contribution in [1.29, 1.82) is 10.8 Å². The SMILES string of the molecule is CC(C)C[C@@H]1NC(=O)[C@H](CCCNC(=N)N)NC(=O)[C@@H](CC(C)C)NC(=O)[C@H](C)N(C)C(=O)[C@H](CCCNC(=N)N)NC(=O)[C@H](Cc2ccc(-c3ccccc3)cc2)NC(=O)[C@H](C(C)C)NC(=O)[C@H](Cc2c[nH]c3ccccc23)NC(=O)[C@H](CC(=O)O)NC(=O)[C@H](Cc2ccc(O)cc2)NC(=O)[C@H](Cc2ccccc2)NC(=O)CSC[C@@H](C(=O)NCC(N)=O)NC(=O)[C@H](CO)NC(=O)[C@H](C(C)C)NC1=O. The van der Waals surface area contributed by atoms with Gasteiger partial charge in [0, 0.05) is 68.7 Å². The summed E-state index contributed by atoms with van der Waals surface area (Å²) in [5, 5.41) is 89.6. The van der Waals surface area contributed by atoms with Crippen molar-refractivity contribution in [3.63, 3.8) is 0 Å². The van der Waals surface area contributed by atoms with E-state index in [1.165, 1.54) is 52.1 Å². The number of phenols is 1. The zero-order valence-corrected chi connectivity index (χ0v) is 80.9. The van der Waals surface area contributed by atoms with Crippen molar-refractivity contribution in [2.75, 3.05) is 44.8 Å². The van der Waals surface area contributed by atoms with Gasteiger partial charge in [0.2, 0.25) is 94.5 Å². The number of amides is 16. The maximum atomic E-state index is 15.5. The molecule has 1 aliphatic heterocycles. The Hall–Kier alpha value is -14.7. The largest absolute Gasteiger partial charge is 0.508 e. The van der Waals surface area contributed by atoms with E-state index < -0.39 is 246 Å². The number of aromatic nitrogens is 1. The Morgan fingerprint density at radius 1 is 0.450 bits per heavy atom. The zero-order valence-electron chi connectivity index (χ0n) is 80.1. The second-order valence-electron chi connectivity index (χ2n) is 35.9. The van der Waals surface area contributed by atoms with Gasteiger partial charge in [-0.1, -0.05) is 171 Å². The van der Waals surface area contributed by atoms with Crippen LogP contribution in [0.4, 0.5) is 0 Å². The van der Waals surface area contributed by atoms with Crippen molar-refractivity contribution < 1.29 is 96.8 Å². The number of rotatable bonds is 29. The Balaban J connectivity index is 1.34. The number of carboxylic acids is 1. The molecular formula is C96H133N23O20S.